The number of carboxylic acid groups (broad SMARTS) is 1. The van der Waals surface area contributed by atoms with Crippen molar-refractivity contribution < 1.29 is 18.3 Å². The van der Waals surface area contributed by atoms with E-state index >= 15 is 0 Å². The number of carbonyl (C=O) groups is 1. The smallest absolute Gasteiger partial charge is 0.306 e. The van der Waals surface area contributed by atoms with Gasteiger partial charge in [0.1, 0.15) is 0 Å². The van der Waals surface area contributed by atoms with Crippen molar-refractivity contribution in [3.8, 4) is 6.07 Å². The van der Waals surface area contributed by atoms with Crippen molar-refractivity contribution in [2.75, 3.05) is 6.54 Å². The molecule has 0 saturated carbocycles. The van der Waals surface area contributed by atoms with Crippen molar-refractivity contribution in [3.63, 3.8) is 0 Å². The van der Waals surface area contributed by atoms with Crippen LogP contribution in [0, 0.1) is 17.2 Å². The van der Waals surface area contributed by atoms with Crippen LogP contribution in [-0.2, 0) is 21.2 Å². The Morgan fingerprint density at radius 2 is 2.00 bits per heavy atom. The Balaban J connectivity index is 2.54. The van der Waals surface area contributed by atoms with Crippen LogP contribution in [0.5, 0.6) is 0 Å². The van der Waals surface area contributed by atoms with E-state index < -0.39 is 21.9 Å². The molecule has 114 valence electrons. The third-order valence-electron chi connectivity index (χ3n) is 3.04. The molecule has 0 aliphatic carbocycles. The van der Waals surface area contributed by atoms with Crippen molar-refractivity contribution in [2.24, 2.45) is 5.92 Å². The fourth-order valence-electron chi connectivity index (χ4n) is 1.70. The molecule has 0 saturated heterocycles. The Morgan fingerprint density at radius 3 is 2.52 bits per heavy atom. The molecule has 1 aromatic rings. The first kappa shape index (κ1) is 17.1. The summed E-state index contributed by atoms with van der Waals surface area (Å²) in [4.78, 5) is 10.8. The van der Waals surface area contributed by atoms with Crippen LogP contribution >= 0.6 is 0 Å². The zero-order valence-electron chi connectivity index (χ0n) is 11.7. The number of aliphatic carboxylic acids is 1. The van der Waals surface area contributed by atoms with Crippen LogP contribution in [0.1, 0.15) is 25.3 Å². The highest BCUT2D eigenvalue weighted by atomic mass is 32.2. The molecule has 0 radical (unpaired) electrons. The number of hydrogen-bond donors (Lipinski definition) is 2. The zero-order valence-corrected chi connectivity index (χ0v) is 12.6. The second-order valence-corrected chi connectivity index (χ2v) is 6.53. The van der Waals surface area contributed by atoms with Gasteiger partial charge in [-0.05, 0) is 30.5 Å². The quantitative estimate of drug-likeness (QED) is 0.708. The second-order valence-electron chi connectivity index (χ2n) is 4.76. The van der Waals surface area contributed by atoms with Crippen molar-refractivity contribution in [1.29, 1.82) is 5.26 Å². The molecule has 0 heterocycles. The first-order valence-electron chi connectivity index (χ1n) is 6.55. The van der Waals surface area contributed by atoms with E-state index in [0.717, 1.165) is 5.56 Å². The molecule has 7 heteroatoms. The first-order chi connectivity index (χ1) is 9.86. The average molecular weight is 310 g/mol. The van der Waals surface area contributed by atoms with Crippen LogP contribution in [-0.4, -0.2) is 26.0 Å². The second kappa shape index (κ2) is 7.76. The molecule has 2 N–H and O–H groups in total. The van der Waals surface area contributed by atoms with Gasteiger partial charge in [-0.15, -0.1) is 0 Å². The topological polar surface area (TPSA) is 107 Å². The van der Waals surface area contributed by atoms with Gasteiger partial charge < -0.3 is 5.11 Å². The highest BCUT2D eigenvalue weighted by Crippen LogP contribution is 2.11. The largest absolute Gasteiger partial charge is 0.481 e. The van der Waals surface area contributed by atoms with Crippen LogP contribution in [0.15, 0.2) is 29.2 Å². The van der Waals surface area contributed by atoms with Crippen molar-refractivity contribution in [1.82, 2.24) is 4.72 Å². The van der Waals surface area contributed by atoms with Crippen LogP contribution < -0.4 is 4.72 Å². The average Bonchev–Trinajstić information content (AvgIpc) is 2.44. The lowest BCUT2D eigenvalue weighted by Gasteiger charge is -2.08. The predicted molar refractivity (Wildman–Crippen MR) is 77.0 cm³/mol. The minimum atomic E-state index is -3.59. The molecular weight excluding hydrogens is 292 g/mol. The van der Waals surface area contributed by atoms with E-state index in [1.165, 1.54) is 12.1 Å². The molecule has 0 spiro atoms. The summed E-state index contributed by atoms with van der Waals surface area (Å²) in [7, 11) is -3.59. The third kappa shape index (κ3) is 5.53. The van der Waals surface area contributed by atoms with Crippen LogP contribution in [0.2, 0.25) is 0 Å². The molecule has 0 amide bonds. The zero-order chi connectivity index (χ0) is 15.9. The van der Waals surface area contributed by atoms with Gasteiger partial charge in [-0.2, -0.15) is 5.26 Å². The molecule has 1 rings (SSSR count). The Hall–Kier alpha value is -1.91. The number of rotatable bonds is 8. The number of carboxylic acids is 1. The normalized spacial score (nSPS) is 12.6. The molecular formula is C14H18N2O4S. The summed E-state index contributed by atoms with van der Waals surface area (Å²) in [6.07, 6.45) is 1.11. The Labute approximate surface area is 124 Å². The molecule has 6 nitrogen and oxygen atoms in total. The molecule has 1 aromatic carbocycles. The highest BCUT2D eigenvalue weighted by molar-refractivity contribution is 7.89. The van der Waals surface area contributed by atoms with Gasteiger partial charge in [0.15, 0.2) is 0 Å². The highest BCUT2D eigenvalue weighted by Gasteiger charge is 2.14. The summed E-state index contributed by atoms with van der Waals surface area (Å²) in [6, 6.07) is 8.10. The van der Waals surface area contributed by atoms with Gasteiger partial charge in [0.2, 0.25) is 10.0 Å². The van der Waals surface area contributed by atoms with E-state index in [0.29, 0.717) is 12.8 Å². The van der Waals surface area contributed by atoms with Gasteiger partial charge in [-0.3, -0.25) is 4.79 Å². The van der Waals surface area contributed by atoms with Gasteiger partial charge >= 0.3 is 5.97 Å². The van der Waals surface area contributed by atoms with Gasteiger partial charge in [0, 0.05) is 6.54 Å². The summed E-state index contributed by atoms with van der Waals surface area (Å²) < 4.78 is 26.4. The molecule has 1 atom stereocenters. The van der Waals surface area contributed by atoms with Gasteiger partial charge in [0.25, 0.3) is 0 Å². The summed E-state index contributed by atoms with van der Waals surface area (Å²) in [5, 5.41) is 17.3. The molecule has 0 aliphatic rings. The summed E-state index contributed by atoms with van der Waals surface area (Å²) in [6.45, 7) is 1.78. The Bertz CT molecular complexity index is 617. The number of nitriles is 1. The van der Waals surface area contributed by atoms with Gasteiger partial charge in [-0.1, -0.05) is 19.1 Å². The van der Waals surface area contributed by atoms with Crippen molar-refractivity contribution in [3.05, 3.63) is 29.8 Å². The Morgan fingerprint density at radius 1 is 1.38 bits per heavy atom. The van der Waals surface area contributed by atoms with Gasteiger partial charge in [-0.25, -0.2) is 13.1 Å². The third-order valence-corrected chi connectivity index (χ3v) is 4.52. The van der Waals surface area contributed by atoms with Crippen LogP contribution in [0.4, 0.5) is 0 Å². The number of hydrogen-bond acceptors (Lipinski definition) is 4. The van der Waals surface area contributed by atoms with Gasteiger partial charge in [0.05, 0.1) is 23.3 Å². The van der Waals surface area contributed by atoms with E-state index in [9.17, 15) is 13.2 Å². The number of nitrogens with one attached hydrogen (secondary N) is 1. The van der Waals surface area contributed by atoms with Crippen LogP contribution in [0.3, 0.4) is 0 Å². The fraction of sp³-hybridized carbons (Fsp3) is 0.429. The summed E-state index contributed by atoms with van der Waals surface area (Å²) in [5.41, 5.74) is 0.756. The fourth-order valence-corrected chi connectivity index (χ4v) is 2.77. The number of sulfonamides is 1. The van der Waals surface area contributed by atoms with E-state index in [1.54, 1.807) is 19.1 Å². The van der Waals surface area contributed by atoms with E-state index in [4.69, 9.17) is 10.4 Å². The lowest BCUT2D eigenvalue weighted by Crippen LogP contribution is -2.25. The molecule has 21 heavy (non-hydrogen) atoms. The van der Waals surface area contributed by atoms with E-state index in [2.05, 4.69) is 4.72 Å². The SMILES string of the molecule is CC(CCCNS(=O)(=O)c1ccc(CC#N)cc1)C(=O)O. The molecule has 0 fully saturated rings. The number of nitrogens with zero attached hydrogens (tertiary/aromatic N) is 1. The maximum Gasteiger partial charge on any atom is 0.306 e. The lowest BCUT2D eigenvalue weighted by atomic mass is 10.1. The Kier molecular flexibility index (Phi) is 6.34. The maximum absolute atomic E-state index is 12.0. The molecule has 0 aliphatic heterocycles. The van der Waals surface area contributed by atoms with Crippen molar-refractivity contribution >= 4 is 16.0 Å². The summed E-state index contributed by atoms with van der Waals surface area (Å²) in [5.74, 6) is -1.37. The van der Waals surface area contributed by atoms with Crippen molar-refractivity contribution in [2.45, 2.75) is 31.1 Å². The monoisotopic (exact) mass is 310 g/mol. The number of benzene rings is 1. The predicted octanol–water partition coefficient (Wildman–Crippen LogP) is 1.53. The maximum atomic E-state index is 12.0. The molecule has 1 unspecified atom stereocenters. The van der Waals surface area contributed by atoms with E-state index in [-0.39, 0.29) is 17.9 Å². The van der Waals surface area contributed by atoms with E-state index in [1.807, 2.05) is 6.07 Å². The molecule has 0 aromatic heterocycles. The lowest BCUT2D eigenvalue weighted by molar-refractivity contribution is -0.141. The minimum Gasteiger partial charge on any atom is -0.481 e. The standard InChI is InChI=1S/C14H18N2O4S/c1-11(14(17)18)3-2-10-16-21(19,20)13-6-4-12(5-7-13)8-9-15/h4-7,11,16H,2-3,8,10H2,1H3,(H,17,18). The summed E-state index contributed by atoms with van der Waals surface area (Å²) >= 11 is 0. The minimum absolute atomic E-state index is 0.135. The molecule has 0 bridgehead atoms. The van der Waals surface area contributed by atoms with Crippen LogP contribution in [0.25, 0.3) is 0 Å². The first-order valence-corrected chi connectivity index (χ1v) is 8.03.